The van der Waals surface area contributed by atoms with E-state index in [1.165, 1.54) is 99.8 Å². The lowest BCUT2D eigenvalue weighted by molar-refractivity contribution is -0.0691. The molecule has 3 aromatic rings. The molecule has 1 aromatic carbocycles. The summed E-state index contributed by atoms with van der Waals surface area (Å²) in [5.41, 5.74) is 4.05. The molecule has 4 rings (SSSR count). The number of unbranched alkanes of at least 4 members (excludes halogenated alkanes) is 15. The number of phosphoric ester groups is 1. The van der Waals surface area contributed by atoms with Gasteiger partial charge in [0.15, 0.2) is 5.82 Å². The first-order chi connectivity index (χ1) is 27.9. The van der Waals surface area contributed by atoms with E-state index in [1.54, 1.807) is 0 Å². The number of aliphatic hydroxyl groups excluding tert-OH is 2. The van der Waals surface area contributed by atoms with Crippen LogP contribution in [0.3, 0.4) is 0 Å². The van der Waals surface area contributed by atoms with Crippen LogP contribution in [-0.4, -0.2) is 80.5 Å². The highest BCUT2D eigenvalue weighted by Gasteiger charge is 2.58. The van der Waals surface area contributed by atoms with Gasteiger partial charge in [-0.25, -0.2) is 22.8 Å². The molecule has 6 atom stereocenters. The molecule has 2 aromatic heterocycles. The number of phosphoric acid groups is 1. The van der Waals surface area contributed by atoms with E-state index in [4.69, 9.17) is 40.6 Å². The number of anilines is 1. The van der Waals surface area contributed by atoms with E-state index >= 15 is 0 Å². The Hall–Kier alpha value is -2.81. The number of hydrogen-bond donors (Lipinski definition) is 4. The third kappa shape index (κ3) is 13.9. The van der Waals surface area contributed by atoms with Crippen molar-refractivity contribution in [3.05, 3.63) is 58.5 Å². The van der Waals surface area contributed by atoms with Gasteiger partial charge in [-0.3, -0.25) is 9.05 Å². The van der Waals surface area contributed by atoms with Crippen LogP contribution in [-0.2, 0) is 40.0 Å². The van der Waals surface area contributed by atoms with Gasteiger partial charge in [-0.15, -0.1) is 0 Å². The van der Waals surface area contributed by atoms with Crippen molar-refractivity contribution in [2.24, 2.45) is 0 Å². The molecular weight excluding hydrogens is 799 g/mol. The van der Waals surface area contributed by atoms with Gasteiger partial charge < -0.3 is 35.1 Å². The Morgan fingerprint density at radius 2 is 1.59 bits per heavy atom. The quantitative estimate of drug-likeness (QED) is 0.0297. The van der Waals surface area contributed by atoms with E-state index in [0.29, 0.717) is 12.1 Å². The summed E-state index contributed by atoms with van der Waals surface area (Å²) in [6, 6.07) is 6.98. The van der Waals surface area contributed by atoms with Crippen LogP contribution in [0.15, 0.2) is 30.6 Å². The molecule has 1 fully saturated rings. The molecule has 1 aliphatic heterocycles. The molecule has 324 valence electrons. The van der Waals surface area contributed by atoms with E-state index in [1.807, 2.05) is 6.07 Å². The minimum atomic E-state index is -4.88. The highest BCUT2D eigenvalue weighted by molar-refractivity contribution is 7.47. The second-order valence-electron chi connectivity index (χ2n) is 14.8. The molecule has 0 radical (unpaired) electrons. The zero-order valence-electron chi connectivity index (χ0n) is 33.3. The molecule has 14 nitrogen and oxygen atoms in total. The fourth-order valence-electron chi connectivity index (χ4n) is 6.93. The van der Waals surface area contributed by atoms with E-state index in [9.17, 15) is 33.7 Å². The first kappa shape index (κ1) is 47.9. The summed E-state index contributed by atoms with van der Waals surface area (Å²) in [7, 11) is -4.88. The lowest BCUT2D eigenvalue weighted by Crippen LogP contribution is -2.41. The zero-order chi connectivity index (χ0) is 42.0. The number of fused-ring (bicyclic) bond motifs is 1. The maximum Gasteiger partial charge on any atom is 0.472 e. The Balaban J connectivity index is 1.20. The molecule has 5 N–H and O–H groups in total. The average Bonchev–Trinajstić information content (AvgIpc) is 3.76. The monoisotopic (exact) mass is 857 g/mol. The summed E-state index contributed by atoms with van der Waals surface area (Å²) in [5.74, 6) is -1.83. The SMILES string of the molecule is CCCCCCCCCCCCCCCCCCOC[C@H](COP(=O)(O)OCC1O[C@@](C#N)(c2ccc3c(N)ncnn23)[C@H](O)[C@@H]1O)OCc1ccc(F)c(Cl)c1F. The van der Waals surface area contributed by atoms with Crippen molar-refractivity contribution < 1.29 is 51.7 Å². The molecule has 0 spiro atoms. The van der Waals surface area contributed by atoms with Crippen molar-refractivity contribution in [3.63, 3.8) is 0 Å². The third-order valence-electron chi connectivity index (χ3n) is 10.3. The number of hydrogen-bond acceptors (Lipinski definition) is 12. The summed E-state index contributed by atoms with van der Waals surface area (Å²) >= 11 is 5.72. The molecule has 58 heavy (non-hydrogen) atoms. The number of nitrogens with two attached hydrogens (primary N) is 1. The van der Waals surface area contributed by atoms with E-state index in [-0.39, 0.29) is 30.3 Å². The number of nitrogen functional groups attached to an aromatic ring is 1. The molecule has 1 aliphatic rings. The molecular formula is C40H59ClF2N5O9P. The second kappa shape index (κ2) is 24.4. The molecule has 1 saturated heterocycles. The van der Waals surface area contributed by atoms with Gasteiger partial charge in [0.1, 0.15) is 59.0 Å². The Kier molecular flexibility index (Phi) is 20.2. The number of nitriles is 1. The van der Waals surface area contributed by atoms with E-state index < -0.39 is 67.7 Å². The highest BCUT2D eigenvalue weighted by atomic mass is 35.5. The fraction of sp³-hybridized carbons (Fsp3) is 0.675. The van der Waals surface area contributed by atoms with Crippen LogP contribution in [0.5, 0.6) is 0 Å². The minimum absolute atomic E-state index is 0.0371. The first-order valence-electron chi connectivity index (χ1n) is 20.4. The topological polar surface area (TPSA) is 204 Å². The molecule has 3 heterocycles. The van der Waals surface area contributed by atoms with Gasteiger partial charge in [0.05, 0.1) is 32.1 Å². The van der Waals surface area contributed by atoms with Gasteiger partial charge >= 0.3 is 7.82 Å². The number of aromatic nitrogens is 3. The van der Waals surface area contributed by atoms with Gasteiger partial charge in [0.2, 0.25) is 5.60 Å². The van der Waals surface area contributed by atoms with E-state index in [2.05, 4.69) is 17.0 Å². The molecule has 0 saturated carbocycles. The number of nitrogens with zero attached hydrogens (tertiary/aromatic N) is 4. The average molecular weight is 858 g/mol. The first-order valence-corrected chi connectivity index (χ1v) is 22.3. The second-order valence-corrected chi connectivity index (χ2v) is 16.6. The summed E-state index contributed by atoms with van der Waals surface area (Å²) < 4.78 is 70.2. The minimum Gasteiger partial charge on any atom is -0.387 e. The van der Waals surface area contributed by atoms with Crippen LogP contribution < -0.4 is 5.73 Å². The standard InChI is InChI=1S/C40H59ClF2N5O9P/c1-2-3-4-5-6-7-8-9-10-11-12-13-14-15-16-17-22-53-24-30(54-23-29-18-19-31(42)35(41)36(29)43)25-55-58(51,52)56-26-33-37(49)38(50)40(27-44,57-33)34-21-20-32-39(45)46-28-47-48(32)34/h18-21,28,30,33,37-38,49-50H,2-17,22-26H2,1H3,(H,51,52)(H2,45,46,47)/t30-,33?,37-,38-,40+/m1/s1. The van der Waals surface area contributed by atoms with E-state index in [0.717, 1.165) is 38.1 Å². The normalized spacial score (nSPS) is 21.0. The maximum absolute atomic E-state index is 14.6. The van der Waals surface area contributed by atoms with Crippen molar-refractivity contribution in [2.45, 2.75) is 146 Å². The summed E-state index contributed by atoms with van der Waals surface area (Å²) in [5, 5.41) is 35.2. The Bertz CT molecular complexity index is 1790. The Labute approximate surface area is 344 Å². The zero-order valence-corrected chi connectivity index (χ0v) is 34.9. The molecule has 2 unspecified atom stereocenters. The number of halogens is 3. The number of aliphatic hydroxyl groups is 2. The van der Waals surface area contributed by atoms with Gasteiger partial charge in [0, 0.05) is 12.2 Å². The summed E-state index contributed by atoms with van der Waals surface area (Å²) in [6.45, 7) is 0.859. The number of rotatable bonds is 29. The fourth-order valence-corrected chi connectivity index (χ4v) is 7.88. The molecule has 0 bridgehead atoms. The maximum atomic E-state index is 14.6. The van der Waals surface area contributed by atoms with Crippen LogP contribution in [0.4, 0.5) is 14.6 Å². The van der Waals surface area contributed by atoms with Gasteiger partial charge in [-0.05, 0) is 24.6 Å². The van der Waals surface area contributed by atoms with Crippen LogP contribution in [0.25, 0.3) is 5.52 Å². The number of benzene rings is 1. The smallest absolute Gasteiger partial charge is 0.387 e. The lowest BCUT2D eigenvalue weighted by Gasteiger charge is -2.24. The van der Waals surface area contributed by atoms with Crippen molar-refractivity contribution in [1.82, 2.24) is 14.6 Å². The van der Waals surface area contributed by atoms with Crippen molar-refractivity contribution >= 4 is 30.8 Å². The summed E-state index contributed by atoms with van der Waals surface area (Å²) in [4.78, 5) is 14.4. The van der Waals surface area contributed by atoms with Crippen LogP contribution >= 0.6 is 19.4 Å². The Morgan fingerprint density at radius 3 is 2.21 bits per heavy atom. The van der Waals surface area contributed by atoms with Crippen molar-refractivity contribution in [2.75, 3.05) is 32.2 Å². The lowest BCUT2D eigenvalue weighted by atomic mass is 9.92. The molecule has 18 heteroatoms. The predicted octanol–water partition coefficient (Wildman–Crippen LogP) is 8.08. The molecule has 0 aliphatic carbocycles. The van der Waals surface area contributed by atoms with Crippen LogP contribution in [0, 0.1) is 23.0 Å². The summed E-state index contributed by atoms with van der Waals surface area (Å²) in [6.07, 6.45) is 14.9. The third-order valence-corrected chi connectivity index (χ3v) is 11.6. The molecule has 0 amide bonds. The van der Waals surface area contributed by atoms with Gasteiger partial charge in [0.25, 0.3) is 0 Å². The van der Waals surface area contributed by atoms with Crippen molar-refractivity contribution in [1.29, 1.82) is 5.26 Å². The van der Waals surface area contributed by atoms with Gasteiger partial charge in [-0.2, -0.15) is 10.4 Å². The highest BCUT2D eigenvalue weighted by Crippen LogP contribution is 2.46. The van der Waals surface area contributed by atoms with Crippen molar-refractivity contribution in [3.8, 4) is 6.07 Å². The largest absolute Gasteiger partial charge is 0.472 e. The Morgan fingerprint density at radius 1 is 0.966 bits per heavy atom. The van der Waals surface area contributed by atoms with Gasteiger partial charge in [-0.1, -0.05) is 121 Å². The predicted molar refractivity (Wildman–Crippen MR) is 214 cm³/mol. The number of ether oxygens (including phenoxy) is 3. The van der Waals surface area contributed by atoms with Crippen LogP contribution in [0.2, 0.25) is 5.02 Å². The van der Waals surface area contributed by atoms with Crippen LogP contribution in [0.1, 0.15) is 121 Å².